The Hall–Kier alpha value is -2.54. The highest BCUT2D eigenvalue weighted by molar-refractivity contribution is 7.80. The van der Waals surface area contributed by atoms with Crippen LogP contribution < -0.4 is 5.73 Å². The van der Waals surface area contributed by atoms with Gasteiger partial charge in [0.15, 0.2) is 0 Å². The topological polar surface area (TPSA) is 91.0 Å². The van der Waals surface area contributed by atoms with Gasteiger partial charge >= 0.3 is 11.9 Å². The number of carbonyl (C=O) groups excluding carboxylic acids is 2. The number of thiocarbonyl (C=S) groups is 1. The highest BCUT2D eigenvalue weighted by atomic mass is 32.1. The average Bonchev–Trinajstić information content (AvgIpc) is 2.59. The Kier molecular flexibility index (Phi) is 5.69. The van der Waals surface area contributed by atoms with Crippen molar-refractivity contribution in [2.24, 2.45) is 16.6 Å². The van der Waals surface area contributed by atoms with Crippen LogP contribution in [0.5, 0.6) is 0 Å². The number of carbonyl (C=O) groups is 2. The molecule has 25 heavy (non-hydrogen) atoms. The lowest BCUT2D eigenvalue weighted by Gasteiger charge is -2.32. The standard InChI is InChI=1S/C18H20N2O4S/c1-9-13(17(21)23-3)15(14(10(2)20-9)18(22)24-4)11-7-5-6-8-12(11)16(19)25/h5-8,13,15H,1-4H3,(H2,19,25). The SMILES string of the molecule is COC(=O)C1=C(C)N=C(C)C(C(=O)OC)C1c1ccccc1C(N)=S. The summed E-state index contributed by atoms with van der Waals surface area (Å²) in [5.41, 5.74) is 8.46. The van der Waals surface area contributed by atoms with E-state index in [9.17, 15) is 9.59 Å². The molecule has 0 fully saturated rings. The number of ether oxygens (including phenoxy) is 2. The number of rotatable bonds is 4. The minimum Gasteiger partial charge on any atom is -0.468 e. The van der Waals surface area contributed by atoms with Crippen molar-refractivity contribution in [1.29, 1.82) is 0 Å². The van der Waals surface area contributed by atoms with Gasteiger partial charge in [-0.2, -0.15) is 0 Å². The lowest BCUT2D eigenvalue weighted by Crippen LogP contribution is -2.37. The van der Waals surface area contributed by atoms with Gasteiger partial charge in [0, 0.05) is 22.9 Å². The summed E-state index contributed by atoms with van der Waals surface area (Å²) >= 11 is 5.14. The van der Waals surface area contributed by atoms with E-state index in [4.69, 9.17) is 27.4 Å². The van der Waals surface area contributed by atoms with Crippen molar-refractivity contribution in [2.45, 2.75) is 19.8 Å². The molecule has 0 bridgehead atoms. The Morgan fingerprint density at radius 3 is 2.36 bits per heavy atom. The first kappa shape index (κ1) is 18.8. The first-order valence-electron chi connectivity index (χ1n) is 7.64. The minimum atomic E-state index is -0.765. The van der Waals surface area contributed by atoms with Gasteiger partial charge in [0.25, 0.3) is 0 Å². The quantitative estimate of drug-likeness (QED) is 0.653. The molecule has 0 saturated carbocycles. The largest absolute Gasteiger partial charge is 0.468 e. The molecule has 0 saturated heterocycles. The molecule has 1 aliphatic rings. The maximum atomic E-state index is 12.5. The van der Waals surface area contributed by atoms with Crippen molar-refractivity contribution in [3.05, 3.63) is 46.7 Å². The van der Waals surface area contributed by atoms with E-state index in [1.807, 2.05) is 0 Å². The molecular weight excluding hydrogens is 340 g/mol. The van der Waals surface area contributed by atoms with Crippen molar-refractivity contribution in [2.75, 3.05) is 14.2 Å². The Labute approximate surface area is 151 Å². The summed E-state index contributed by atoms with van der Waals surface area (Å²) in [6.07, 6.45) is 0. The van der Waals surface area contributed by atoms with Crippen LogP contribution in [0.4, 0.5) is 0 Å². The van der Waals surface area contributed by atoms with Crippen LogP contribution in [0.2, 0.25) is 0 Å². The van der Waals surface area contributed by atoms with E-state index in [1.54, 1.807) is 38.1 Å². The normalized spacial score (nSPS) is 19.9. The van der Waals surface area contributed by atoms with Crippen LogP contribution >= 0.6 is 12.2 Å². The van der Waals surface area contributed by atoms with Crippen LogP contribution in [0.25, 0.3) is 0 Å². The van der Waals surface area contributed by atoms with Crippen molar-refractivity contribution in [3.63, 3.8) is 0 Å². The predicted molar refractivity (Wildman–Crippen MR) is 98.4 cm³/mol. The molecule has 1 heterocycles. The molecule has 0 aliphatic carbocycles. The highest BCUT2D eigenvalue weighted by Crippen LogP contribution is 2.41. The fourth-order valence-electron chi connectivity index (χ4n) is 3.17. The van der Waals surface area contributed by atoms with Gasteiger partial charge in [0.2, 0.25) is 0 Å². The van der Waals surface area contributed by atoms with Gasteiger partial charge in [-0.05, 0) is 19.4 Å². The van der Waals surface area contributed by atoms with Gasteiger partial charge in [-0.3, -0.25) is 9.79 Å². The van der Waals surface area contributed by atoms with Crippen molar-refractivity contribution >= 4 is 34.9 Å². The van der Waals surface area contributed by atoms with Crippen molar-refractivity contribution in [3.8, 4) is 0 Å². The van der Waals surface area contributed by atoms with Crippen LogP contribution in [0, 0.1) is 5.92 Å². The average molecular weight is 360 g/mol. The number of hydrogen-bond donors (Lipinski definition) is 1. The summed E-state index contributed by atoms with van der Waals surface area (Å²) in [4.78, 5) is 29.4. The van der Waals surface area contributed by atoms with Crippen LogP contribution in [0.1, 0.15) is 30.9 Å². The number of benzene rings is 1. The van der Waals surface area contributed by atoms with Gasteiger partial charge < -0.3 is 15.2 Å². The summed E-state index contributed by atoms with van der Waals surface area (Å²) in [6, 6.07) is 7.15. The molecule has 6 nitrogen and oxygen atoms in total. The van der Waals surface area contributed by atoms with Gasteiger partial charge in [0.05, 0.1) is 19.8 Å². The van der Waals surface area contributed by atoms with E-state index in [-0.39, 0.29) is 4.99 Å². The van der Waals surface area contributed by atoms with E-state index >= 15 is 0 Å². The second-order valence-electron chi connectivity index (χ2n) is 5.67. The summed E-state index contributed by atoms with van der Waals surface area (Å²) in [7, 11) is 2.59. The lowest BCUT2D eigenvalue weighted by atomic mass is 9.74. The molecule has 0 radical (unpaired) electrons. The Balaban J connectivity index is 2.78. The minimum absolute atomic E-state index is 0.182. The zero-order valence-electron chi connectivity index (χ0n) is 14.5. The number of methoxy groups -OCH3 is 2. The predicted octanol–water partition coefficient (Wildman–Crippen LogP) is 2.12. The van der Waals surface area contributed by atoms with E-state index in [0.717, 1.165) is 0 Å². The summed E-state index contributed by atoms with van der Waals surface area (Å²) in [5, 5.41) is 0. The number of esters is 2. The van der Waals surface area contributed by atoms with Crippen LogP contribution in [0.15, 0.2) is 40.5 Å². The first-order chi connectivity index (χ1) is 11.8. The first-order valence-corrected chi connectivity index (χ1v) is 8.05. The fraction of sp³-hybridized carbons (Fsp3) is 0.333. The fourth-order valence-corrected chi connectivity index (χ4v) is 3.36. The maximum Gasteiger partial charge on any atom is 0.336 e. The number of hydrogen-bond acceptors (Lipinski definition) is 6. The van der Waals surface area contributed by atoms with Gasteiger partial charge in [-0.1, -0.05) is 36.5 Å². The van der Waals surface area contributed by atoms with Crippen LogP contribution in [-0.2, 0) is 19.1 Å². The van der Waals surface area contributed by atoms with Crippen LogP contribution in [0.3, 0.4) is 0 Å². The molecule has 2 N–H and O–H groups in total. The van der Waals surface area contributed by atoms with E-state index in [1.165, 1.54) is 14.2 Å². The molecule has 0 spiro atoms. The molecule has 2 atom stereocenters. The monoisotopic (exact) mass is 360 g/mol. The number of aliphatic imine (C=N–C) groups is 1. The number of allylic oxidation sites excluding steroid dienone is 1. The summed E-state index contributed by atoms with van der Waals surface area (Å²) in [6.45, 7) is 3.44. The van der Waals surface area contributed by atoms with Gasteiger partial charge in [0.1, 0.15) is 10.9 Å². The smallest absolute Gasteiger partial charge is 0.336 e. The summed E-state index contributed by atoms with van der Waals surface area (Å²) in [5.74, 6) is -2.45. The molecule has 0 amide bonds. The molecule has 1 aromatic rings. The Bertz CT molecular complexity index is 798. The third-order valence-electron chi connectivity index (χ3n) is 4.25. The van der Waals surface area contributed by atoms with E-state index < -0.39 is 23.8 Å². The molecule has 7 heteroatoms. The second kappa shape index (κ2) is 7.57. The molecule has 0 aromatic heterocycles. The van der Waals surface area contributed by atoms with E-state index in [2.05, 4.69) is 4.99 Å². The third kappa shape index (κ3) is 3.46. The van der Waals surface area contributed by atoms with E-state index in [0.29, 0.717) is 28.1 Å². The highest BCUT2D eigenvalue weighted by Gasteiger charge is 2.42. The molecule has 1 aromatic carbocycles. The molecular formula is C18H20N2O4S. The zero-order chi connectivity index (χ0) is 18.7. The number of nitrogens with two attached hydrogens (primary N) is 1. The third-order valence-corrected chi connectivity index (χ3v) is 4.47. The van der Waals surface area contributed by atoms with Gasteiger partial charge in [-0.25, -0.2) is 4.79 Å². The molecule has 2 unspecified atom stereocenters. The van der Waals surface area contributed by atoms with Gasteiger partial charge in [-0.15, -0.1) is 0 Å². The zero-order valence-corrected chi connectivity index (χ0v) is 15.3. The molecule has 132 valence electrons. The summed E-state index contributed by atoms with van der Waals surface area (Å²) < 4.78 is 9.88. The lowest BCUT2D eigenvalue weighted by molar-refractivity contribution is -0.143. The second-order valence-corrected chi connectivity index (χ2v) is 6.11. The van der Waals surface area contributed by atoms with Crippen LogP contribution in [-0.4, -0.2) is 36.9 Å². The maximum absolute atomic E-state index is 12.5. The van der Waals surface area contributed by atoms with Crippen molar-refractivity contribution in [1.82, 2.24) is 0 Å². The molecule has 2 rings (SSSR count). The Morgan fingerprint density at radius 2 is 1.80 bits per heavy atom. The Morgan fingerprint density at radius 1 is 1.16 bits per heavy atom. The molecule has 1 aliphatic heterocycles. The van der Waals surface area contributed by atoms with Crippen molar-refractivity contribution < 1.29 is 19.1 Å². The number of nitrogens with zero attached hydrogens (tertiary/aromatic N) is 1.